The van der Waals surface area contributed by atoms with Gasteiger partial charge in [-0.3, -0.25) is 4.98 Å². The number of anilines is 2. The Labute approximate surface area is 112 Å². The number of nitrogen functional groups attached to an aromatic ring is 1. The van der Waals surface area contributed by atoms with E-state index in [1.807, 2.05) is 24.4 Å². The Kier molecular flexibility index (Phi) is 3.03. The zero-order valence-electron chi connectivity index (χ0n) is 11.1. The van der Waals surface area contributed by atoms with Crippen LogP contribution in [-0.4, -0.2) is 29.3 Å². The van der Waals surface area contributed by atoms with Crippen LogP contribution in [0.25, 0.3) is 10.9 Å². The molecule has 2 aromatic rings. The molecule has 1 aromatic heterocycles. The third-order valence-electron chi connectivity index (χ3n) is 3.98. The maximum absolute atomic E-state index is 9.84. The molecule has 1 aliphatic heterocycles. The van der Waals surface area contributed by atoms with Crippen LogP contribution in [0.5, 0.6) is 0 Å². The van der Waals surface area contributed by atoms with Crippen LogP contribution >= 0.6 is 0 Å². The molecule has 0 aliphatic carbocycles. The zero-order chi connectivity index (χ0) is 13.4. The third kappa shape index (κ3) is 2.12. The van der Waals surface area contributed by atoms with Gasteiger partial charge in [-0.1, -0.05) is 19.1 Å². The van der Waals surface area contributed by atoms with Gasteiger partial charge in [-0.05, 0) is 24.5 Å². The highest BCUT2D eigenvalue weighted by atomic mass is 16.3. The minimum atomic E-state index is -0.186. The molecule has 19 heavy (non-hydrogen) atoms. The van der Waals surface area contributed by atoms with Gasteiger partial charge in [-0.25, -0.2) is 0 Å². The Morgan fingerprint density at radius 2 is 2.21 bits per heavy atom. The van der Waals surface area contributed by atoms with Crippen molar-refractivity contribution >= 4 is 22.3 Å². The van der Waals surface area contributed by atoms with Gasteiger partial charge in [0.15, 0.2) is 0 Å². The average Bonchev–Trinajstić information content (AvgIpc) is 2.42. The summed E-state index contributed by atoms with van der Waals surface area (Å²) in [6.45, 7) is 3.84. The van der Waals surface area contributed by atoms with E-state index in [1.54, 1.807) is 0 Å². The van der Waals surface area contributed by atoms with Crippen molar-refractivity contribution in [3.8, 4) is 0 Å². The molecule has 100 valence electrons. The number of aliphatic hydroxyl groups excluding tert-OH is 1. The van der Waals surface area contributed by atoms with E-state index >= 15 is 0 Å². The first-order chi connectivity index (χ1) is 9.16. The van der Waals surface area contributed by atoms with Crippen LogP contribution in [0.1, 0.15) is 13.3 Å². The molecule has 0 saturated carbocycles. The van der Waals surface area contributed by atoms with E-state index in [0.29, 0.717) is 5.69 Å². The second-order valence-electron chi connectivity index (χ2n) is 5.35. The number of nitrogens with zero attached hydrogens (tertiary/aromatic N) is 2. The molecule has 1 aromatic carbocycles. The lowest BCUT2D eigenvalue weighted by molar-refractivity contribution is 0.0972. The van der Waals surface area contributed by atoms with E-state index in [4.69, 9.17) is 5.73 Å². The second-order valence-corrected chi connectivity index (χ2v) is 5.35. The van der Waals surface area contributed by atoms with Crippen LogP contribution in [0.2, 0.25) is 0 Å². The fourth-order valence-corrected chi connectivity index (χ4v) is 2.81. The normalized spacial score (nSPS) is 23.8. The summed E-state index contributed by atoms with van der Waals surface area (Å²) in [6, 6.07) is 7.93. The molecule has 4 heteroatoms. The lowest BCUT2D eigenvalue weighted by atomic mass is 9.96. The lowest BCUT2D eigenvalue weighted by Gasteiger charge is -2.36. The van der Waals surface area contributed by atoms with Crippen molar-refractivity contribution in [3.05, 3.63) is 30.5 Å². The van der Waals surface area contributed by atoms with Crippen LogP contribution in [0.4, 0.5) is 11.4 Å². The van der Waals surface area contributed by atoms with Crippen molar-refractivity contribution in [2.75, 3.05) is 23.7 Å². The van der Waals surface area contributed by atoms with Crippen LogP contribution < -0.4 is 10.6 Å². The smallest absolute Gasteiger partial charge is 0.0951 e. The molecule has 0 radical (unpaired) electrons. The molecule has 2 heterocycles. The van der Waals surface area contributed by atoms with E-state index in [2.05, 4.69) is 22.9 Å². The molecule has 2 unspecified atom stereocenters. The standard InChI is InChI=1S/C15H19N3O/c1-10-9-18(8-6-14(10)19)13-5-7-17-15-11(13)3-2-4-12(15)16/h2-5,7,10,14,19H,6,8-9,16H2,1H3. The fourth-order valence-electron chi connectivity index (χ4n) is 2.81. The number of nitrogens with two attached hydrogens (primary N) is 1. The monoisotopic (exact) mass is 257 g/mol. The first kappa shape index (κ1) is 12.2. The van der Waals surface area contributed by atoms with Gasteiger partial charge in [0.25, 0.3) is 0 Å². The number of fused-ring (bicyclic) bond motifs is 1. The van der Waals surface area contributed by atoms with Gasteiger partial charge in [0.05, 0.1) is 17.3 Å². The Bertz CT molecular complexity index is 599. The molecule has 0 amide bonds. The fraction of sp³-hybridized carbons (Fsp3) is 0.400. The van der Waals surface area contributed by atoms with Crippen molar-refractivity contribution in [3.63, 3.8) is 0 Å². The number of piperidine rings is 1. The van der Waals surface area contributed by atoms with Crippen molar-refractivity contribution in [2.24, 2.45) is 5.92 Å². The van der Waals surface area contributed by atoms with Crippen LogP contribution in [-0.2, 0) is 0 Å². The van der Waals surface area contributed by atoms with E-state index < -0.39 is 0 Å². The summed E-state index contributed by atoms with van der Waals surface area (Å²) in [6.07, 6.45) is 2.44. The second kappa shape index (κ2) is 4.70. The number of aliphatic hydroxyl groups is 1. The summed E-state index contributed by atoms with van der Waals surface area (Å²) < 4.78 is 0. The number of hydrogen-bond donors (Lipinski definition) is 2. The van der Waals surface area contributed by atoms with Crippen molar-refractivity contribution < 1.29 is 5.11 Å². The maximum Gasteiger partial charge on any atom is 0.0951 e. The van der Waals surface area contributed by atoms with Gasteiger partial charge in [-0.2, -0.15) is 0 Å². The third-order valence-corrected chi connectivity index (χ3v) is 3.98. The molecule has 4 nitrogen and oxygen atoms in total. The maximum atomic E-state index is 9.84. The summed E-state index contributed by atoms with van der Waals surface area (Å²) in [4.78, 5) is 6.69. The first-order valence-electron chi connectivity index (χ1n) is 6.73. The molecular weight excluding hydrogens is 238 g/mol. The van der Waals surface area contributed by atoms with Gasteiger partial charge in [0, 0.05) is 30.4 Å². The van der Waals surface area contributed by atoms with Gasteiger partial charge < -0.3 is 15.7 Å². The number of rotatable bonds is 1. The largest absolute Gasteiger partial charge is 0.397 e. The average molecular weight is 257 g/mol. The number of para-hydroxylation sites is 1. The molecule has 0 spiro atoms. The Balaban J connectivity index is 2.04. The van der Waals surface area contributed by atoms with Crippen molar-refractivity contribution in [1.29, 1.82) is 0 Å². The Morgan fingerprint density at radius 1 is 1.37 bits per heavy atom. The van der Waals surface area contributed by atoms with Crippen LogP contribution in [0.3, 0.4) is 0 Å². The summed E-state index contributed by atoms with van der Waals surface area (Å²) in [5, 5.41) is 10.9. The van der Waals surface area contributed by atoms with Crippen molar-refractivity contribution in [1.82, 2.24) is 4.98 Å². The summed E-state index contributed by atoms with van der Waals surface area (Å²) >= 11 is 0. The number of hydrogen-bond acceptors (Lipinski definition) is 4. The SMILES string of the molecule is CC1CN(c2ccnc3c(N)cccc23)CCC1O. The molecular formula is C15H19N3O. The predicted octanol–water partition coefficient (Wildman–Crippen LogP) is 2.02. The van der Waals surface area contributed by atoms with Crippen LogP contribution in [0, 0.1) is 5.92 Å². The summed E-state index contributed by atoms with van der Waals surface area (Å²) in [5.41, 5.74) is 8.72. The van der Waals surface area contributed by atoms with E-state index in [1.165, 1.54) is 0 Å². The Hall–Kier alpha value is -1.81. The highest BCUT2D eigenvalue weighted by Gasteiger charge is 2.25. The summed E-state index contributed by atoms with van der Waals surface area (Å²) in [7, 11) is 0. The van der Waals surface area contributed by atoms with E-state index in [-0.39, 0.29) is 12.0 Å². The van der Waals surface area contributed by atoms with Crippen LogP contribution in [0.15, 0.2) is 30.5 Å². The zero-order valence-corrected chi connectivity index (χ0v) is 11.1. The van der Waals surface area contributed by atoms with Gasteiger partial charge >= 0.3 is 0 Å². The minimum absolute atomic E-state index is 0.186. The van der Waals surface area contributed by atoms with Gasteiger partial charge in [-0.15, -0.1) is 0 Å². The number of aromatic nitrogens is 1. The predicted molar refractivity (Wildman–Crippen MR) is 78.2 cm³/mol. The quantitative estimate of drug-likeness (QED) is 0.767. The van der Waals surface area contributed by atoms with Gasteiger partial charge in [0.1, 0.15) is 0 Å². The molecule has 2 atom stereocenters. The topological polar surface area (TPSA) is 62.4 Å². The number of pyridine rings is 1. The first-order valence-corrected chi connectivity index (χ1v) is 6.73. The molecule has 3 rings (SSSR count). The van der Waals surface area contributed by atoms with E-state index in [0.717, 1.165) is 36.1 Å². The number of benzene rings is 1. The van der Waals surface area contributed by atoms with Gasteiger partial charge in [0.2, 0.25) is 0 Å². The highest BCUT2D eigenvalue weighted by molar-refractivity contribution is 5.98. The molecule has 1 aliphatic rings. The Morgan fingerprint density at radius 3 is 3.00 bits per heavy atom. The molecule has 3 N–H and O–H groups in total. The molecule has 1 fully saturated rings. The highest BCUT2D eigenvalue weighted by Crippen LogP contribution is 2.31. The molecule has 1 saturated heterocycles. The molecule has 0 bridgehead atoms. The van der Waals surface area contributed by atoms with Crippen molar-refractivity contribution in [2.45, 2.75) is 19.4 Å². The minimum Gasteiger partial charge on any atom is -0.397 e. The lowest BCUT2D eigenvalue weighted by Crippen LogP contribution is -2.42. The van der Waals surface area contributed by atoms with E-state index in [9.17, 15) is 5.11 Å². The summed E-state index contributed by atoms with van der Waals surface area (Å²) in [5.74, 6) is 0.290.